The predicted molar refractivity (Wildman–Crippen MR) is 61.1 cm³/mol. The largest absolute Gasteiger partial charge is 0.396 e. The molecule has 1 rings (SSSR count). The molecule has 0 aromatic heterocycles. The summed E-state index contributed by atoms with van der Waals surface area (Å²) >= 11 is 0. The molecule has 0 saturated carbocycles. The van der Waals surface area contributed by atoms with E-state index in [-0.39, 0.29) is 0 Å². The maximum absolute atomic E-state index is 8.98. The highest BCUT2D eigenvalue weighted by atomic mass is 16.3. The number of aliphatic hydroxyl groups is 1. The van der Waals surface area contributed by atoms with Crippen LogP contribution in [0.2, 0.25) is 0 Å². The topological polar surface area (TPSA) is 20.2 Å². The Bertz CT molecular complexity index is 215. The minimum Gasteiger partial charge on any atom is -0.396 e. The summed E-state index contributed by atoms with van der Waals surface area (Å²) < 4.78 is 0. The van der Waals surface area contributed by atoms with Gasteiger partial charge < -0.3 is 5.11 Å². The third-order valence-corrected chi connectivity index (χ3v) is 4.07. The van der Waals surface area contributed by atoms with Gasteiger partial charge in [0.1, 0.15) is 0 Å². The first-order valence-electron chi connectivity index (χ1n) is 5.76. The van der Waals surface area contributed by atoms with Crippen LogP contribution in [0, 0.1) is 17.3 Å². The molecule has 1 N–H and O–H groups in total. The summed E-state index contributed by atoms with van der Waals surface area (Å²) in [7, 11) is 0. The Kier molecular flexibility index (Phi) is 3.77. The fourth-order valence-electron chi connectivity index (χ4n) is 2.25. The summed E-state index contributed by atoms with van der Waals surface area (Å²) in [6.45, 7) is 9.40. The molecule has 0 fully saturated rings. The molecule has 0 aromatic carbocycles. The van der Waals surface area contributed by atoms with Crippen LogP contribution in [0.4, 0.5) is 0 Å². The van der Waals surface area contributed by atoms with Crippen LogP contribution >= 0.6 is 0 Å². The van der Waals surface area contributed by atoms with E-state index in [1.807, 2.05) is 0 Å². The van der Waals surface area contributed by atoms with Crippen molar-refractivity contribution in [2.24, 2.45) is 17.3 Å². The van der Waals surface area contributed by atoms with Crippen LogP contribution in [-0.2, 0) is 0 Å². The van der Waals surface area contributed by atoms with Gasteiger partial charge in [0.25, 0.3) is 0 Å². The van der Waals surface area contributed by atoms with Gasteiger partial charge in [0.15, 0.2) is 0 Å². The second-order valence-corrected chi connectivity index (χ2v) is 5.41. The van der Waals surface area contributed by atoms with E-state index < -0.39 is 0 Å². The van der Waals surface area contributed by atoms with Crippen LogP contribution in [0.1, 0.15) is 47.0 Å². The number of aliphatic hydroxyl groups excluding tert-OH is 1. The first-order chi connectivity index (χ1) is 6.48. The summed E-state index contributed by atoms with van der Waals surface area (Å²) in [4.78, 5) is 0. The summed E-state index contributed by atoms with van der Waals surface area (Å²) in [6.07, 6.45) is 6.03. The Morgan fingerprint density at radius 2 is 2.21 bits per heavy atom. The highest BCUT2D eigenvalue weighted by Gasteiger charge is 2.34. The second-order valence-electron chi connectivity index (χ2n) is 5.41. The SMILES string of the molecule is CC1=CCC(CCC(C)CO)C1(C)C. The number of rotatable bonds is 4. The summed E-state index contributed by atoms with van der Waals surface area (Å²) in [5, 5.41) is 8.98. The van der Waals surface area contributed by atoms with Gasteiger partial charge in [-0.15, -0.1) is 0 Å². The minimum absolute atomic E-state index is 0.333. The normalized spacial score (nSPS) is 27.5. The van der Waals surface area contributed by atoms with Crippen molar-refractivity contribution in [1.82, 2.24) is 0 Å². The van der Waals surface area contributed by atoms with Crippen LogP contribution in [0.15, 0.2) is 11.6 Å². The highest BCUT2D eigenvalue weighted by Crippen LogP contribution is 2.45. The zero-order valence-electron chi connectivity index (χ0n) is 10.0. The predicted octanol–water partition coefficient (Wildman–Crippen LogP) is 3.39. The average molecular weight is 196 g/mol. The summed E-state index contributed by atoms with van der Waals surface area (Å²) in [6, 6.07) is 0. The Labute approximate surface area is 88.2 Å². The zero-order chi connectivity index (χ0) is 10.8. The monoisotopic (exact) mass is 196 g/mol. The lowest BCUT2D eigenvalue weighted by Gasteiger charge is -2.30. The van der Waals surface area contributed by atoms with E-state index in [9.17, 15) is 0 Å². The van der Waals surface area contributed by atoms with Crippen molar-refractivity contribution in [3.05, 3.63) is 11.6 Å². The molecule has 1 heteroatoms. The van der Waals surface area contributed by atoms with E-state index in [0.717, 1.165) is 12.3 Å². The first kappa shape index (κ1) is 11.8. The maximum atomic E-state index is 8.98. The van der Waals surface area contributed by atoms with Gasteiger partial charge in [0.05, 0.1) is 0 Å². The molecule has 2 atom stereocenters. The van der Waals surface area contributed by atoms with Crippen LogP contribution < -0.4 is 0 Å². The molecule has 0 heterocycles. The van der Waals surface area contributed by atoms with E-state index >= 15 is 0 Å². The lowest BCUT2D eigenvalue weighted by Crippen LogP contribution is -2.21. The van der Waals surface area contributed by atoms with Crippen molar-refractivity contribution in [2.45, 2.75) is 47.0 Å². The van der Waals surface area contributed by atoms with Crippen molar-refractivity contribution in [2.75, 3.05) is 6.61 Å². The van der Waals surface area contributed by atoms with Crippen LogP contribution in [0.25, 0.3) is 0 Å². The number of allylic oxidation sites excluding steroid dienone is 2. The Morgan fingerprint density at radius 1 is 1.57 bits per heavy atom. The molecule has 82 valence electrons. The van der Waals surface area contributed by atoms with Gasteiger partial charge in [-0.2, -0.15) is 0 Å². The van der Waals surface area contributed by atoms with Gasteiger partial charge in [0.2, 0.25) is 0 Å². The van der Waals surface area contributed by atoms with Crippen molar-refractivity contribution in [3.63, 3.8) is 0 Å². The molecule has 0 bridgehead atoms. The van der Waals surface area contributed by atoms with Gasteiger partial charge >= 0.3 is 0 Å². The molecule has 0 aromatic rings. The molecule has 0 radical (unpaired) electrons. The quantitative estimate of drug-likeness (QED) is 0.683. The molecule has 1 aliphatic carbocycles. The second kappa shape index (κ2) is 4.48. The molecular formula is C13H24O. The van der Waals surface area contributed by atoms with Crippen LogP contribution in [0.3, 0.4) is 0 Å². The number of hydrogen-bond donors (Lipinski definition) is 1. The van der Waals surface area contributed by atoms with E-state index in [1.165, 1.54) is 12.8 Å². The van der Waals surface area contributed by atoms with Crippen molar-refractivity contribution >= 4 is 0 Å². The number of hydrogen-bond acceptors (Lipinski definition) is 1. The zero-order valence-corrected chi connectivity index (χ0v) is 10.0. The van der Waals surface area contributed by atoms with Crippen LogP contribution in [-0.4, -0.2) is 11.7 Å². The van der Waals surface area contributed by atoms with E-state index in [1.54, 1.807) is 5.57 Å². The molecular weight excluding hydrogens is 172 g/mol. The summed E-state index contributed by atoms with van der Waals surface area (Å²) in [5.74, 6) is 1.25. The Morgan fingerprint density at radius 3 is 2.64 bits per heavy atom. The molecule has 0 amide bonds. The van der Waals surface area contributed by atoms with E-state index in [2.05, 4.69) is 33.8 Å². The maximum Gasteiger partial charge on any atom is 0.0456 e. The van der Waals surface area contributed by atoms with Crippen molar-refractivity contribution in [1.29, 1.82) is 0 Å². The Balaban J connectivity index is 2.41. The smallest absolute Gasteiger partial charge is 0.0456 e. The standard InChI is InChI=1S/C13H24O/c1-10(9-14)5-7-12-8-6-11(2)13(12,3)4/h6,10,12,14H,5,7-9H2,1-4H3. The molecule has 0 aliphatic heterocycles. The fraction of sp³-hybridized carbons (Fsp3) is 0.846. The molecule has 2 unspecified atom stereocenters. The lowest BCUT2D eigenvalue weighted by atomic mass is 9.75. The highest BCUT2D eigenvalue weighted by molar-refractivity contribution is 5.18. The Hall–Kier alpha value is -0.300. The van der Waals surface area contributed by atoms with E-state index in [0.29, 0.717) is 17.9 Å². The third-order valence-electron chi connectivity index (χ3n) is 4.07. The average Bonchev–Trinajstić information content (AvgIpc) is 2.39. The minimum atomic E-state index is 0.333. The molecule has 14 heavy (non-hydrogen) atoms. The molecule has 0 spiro atoms. The van der Waals surface area contributed by atoms with Gasteiger partial charge in [-0.3, -0.25) is 0 Å². The van der Waals surface area contributed by atoms with Gasteiger partial charge in [-0.25, -0.2) is 0 Å². The molecule has 1 nitrogen and oxygen atoms in total. The van der Waals surface area contributed by atoms with Crippen molar-refractivity contribution in [3.8, 4) is 0 Å². The fourth-order valence-corrected chi connectivity index (χ4v) is 2.25. The molecule has 1 aliphatic rings. The van der Waals surface area contributed by atoms with E-state index in [4.69, 9.17) is 5.11 Å². The first-order valence-corrected chi connectivity index (χ1v) is 5.76. The van der Waals surface area contributed by atoms with Gasteiger partial charge in [-0.1, -0.05) is 32.4 Å². The van der Waals surface area contributed by atoms with Gasteiger partial charge in [0, 0.05) is 6.61 Å². The summed E-state index contributed by atoms with van der Waals surface area (Å²) in [5.41, 5.74) is 1.92. The molecule has 0 saturated heterocycles. The lowest BCUT2D eigenvalue weighted by molar-refractivity contribution is 0.202. The van der Waals surface area contributed by atoms with Crippen molar-refractivity contribution < 1.29 is 5.11 Å². The van der Waals surface area contributed by atoms with Crippen LogP contribution in [0.5, 0.6) is 0 Å². The van der Waals surface area contributed by atoms with Gasteiger partial charge in [-0.05, 0) is 43.4 Å². The third kappa shape index (κ3) is 2.38.